The zero-order valence-electron chi connectivity index (χ0n) is 13.2. The monoisotopic (exact) mass is 339 g/mol. The van der Waals surface area contributed by atoms with Crippen LogP contribution >= 0.6 is 11.8 Å². The van der Waals surface area contributed by atoms with Gasteiger partial charge in [-0.3, -0.25) is 14.5 Å². The largest absolute Gasteiger partial charge is 0.318 e. The maximum Gasteiger partial charge on any atom is 0.261 e. The number of carbonyl (C=O) groups is 2. The van der Waals surface area contributed by atoms with Crippen LogP contribution in [-0.4, -0.2) is 29.5 Å². The number of rotatable bonds is 3. The van der Waals surface area contributed by atoms with Gasteiger partial charge in [0.1, 0.15) is 0 Å². The normalized spacial score (nSPS) is 12.3. The maximum absolute atomic E-state index is 12.2. The lowest BCUT2D eigenvalue weighted by Crippen LogP contribution is -2.29. The van der Waals surface area contributed by atoms with Gasteiger partial charge < -0.3 is 5.73 Å². The Bertz CT molecular complexity index is 747. The van der Waals surface area contributed by atoms with E-state index < -0.39 is 0 Å². The third-order valence-electron chi connectivity index (χ3n) is 3.47. The second-order valence-electron chi connectivity index (χ2n) is 4.95. The molecule has 0 fully saturated rings. The van der Waals surface area contributed by atoms with Gasteiger partial charge in [0.25, 0.3) is 11.8 Å². The predicted molar refractivity (Wildman–Crippen MR) is 93.5 cm³/mol. The number of fused-ring (bicyclic) bond motifs is 1. The van der Waals surface area contributed by atoms with Crippen LogP contribution in [0.5, 0.6) is 0 Å². The first-order chi connectivity index (χ1) is 11.6. The Morgan fingerprint density at radius 1 is 1.04 bits per heavy atom. The second-order valence-corrected chi connectivity index (χ2v) is 5.83. The van der Waals surface area contributed by atoms with Gasteiger partial charge >= 0.3 is 0 Å². The Kier molecular flexibility index (Phi) is 6.13. The third kappa shape index (κ3) is 3.82. The van der Waals surface area contributed by atoms with E-state index in [9.17, 15) is 9.59 Å². The summed E-state index contributed by atoms with van der Waals surface area (Å²) < 4.78 is 0. The van der Waals surface area contributed by atoms with Crippen LogP contribution in [0, 0.1) is 11.3 Å². The van der Waals surface area contributed by atoms with Gasteiger partial charge in [0.15, 0.2) is 0 Å². The van der Waals surface area contributed by atoms with Crippen molar-refractivity contribution < 1.29 is 9.59 Å². The van der Waals surface area contributed by atoms with Gasteiger partial charge in [0.2, 0.25) is 0 Å². The Morgan fingerprint density at radius 3 is 1.96 bits per heavy atom. The number of amides is 2. The minimum atomic E-state index is -0.209. The molecule has 2 N–H and O–H groups in total. The number of imide groups is 1. The molecule has 1 aliphatic rings. The molecule has 0 aliphatic carbocycles. The average molecular weight is 339 g/mol. The summed E-state index contributed by atoms with van der Waals surface area (Å²) in [4.78, 5) is 26.9. The number of thioether (sulfide) groups is 1. The summed E-state index contributed by atoms with van der Waals surface area (Å²) in [6.07, 6.45) is 2.01. The zero-order chi connectivity index (χ0) is 17.5. The molecule has 1 aliphatic heterocycles. The molecule has 2 aromatic rings. The lowest BCUT2D eigenvalue weighted by molar-refractivity contribution is 0.0642. The van der Waals surface area contributed by atoms with E-state index in [0.29, 0.717) is 17.7 Å². The predicted octanol–water partition coefficient (Wildman–Crippen LogP) is 2.67. The van der Waals surface area contributed by atoms with Crippen molar-refractivity contribution in [2.45, 2.75) is 11.4 Å². The van der Waals surface area contributed by atoms with Crippen LogP contribution in [-0.2, 0) is 6.54 Å². The molecule has 122 valence electrons. The van der Waals surface area contributed by atoms with Gasteiger partial charge in [0, 0.05) is 4.90 Å². The van der Waals surface area contributed by atoms with Crippen molar-refractivity contribution in [1.29, 1.82) is 5.26 Å². The lowest BCUT2D eigenvalue weighted by Gasteiger charge is -2.14. The minimum Gasteiger partial charge on any atom is -0.318 e. The SMILES string of the molecule is CSc1ccc(CN2C(=O)c3ccccc3C2=O)cc1.N#CCN. The quantitative estimate of drug-likeness (QED) is 0.528. The molecule has 6 heteroatoms. The first-order valence-electron chi connectivity index (χ1n) is 7.27. The molecular weight excluding hydrogens is 322 g/mol. The lowest BCUT2D eigenvalue weighted by atomic mass is 10.1. The highest BCUT2D eigenvalue weighted by Gasteiger charge is 2.34. The van der Waals surface area contributed by atoms with Crippen molar-refractivity contribution >= 4 is 23.6 Å². The van der Waals surface area contributed by atoms with Gasteiger partial charge in [-0.25, -0.2) is 0 Å². The second kappa shape index (κ2) is 8.29. The number of nitrogens with zero attached hydrogens (tertiary/aromatic N) is 2. The highest BCUT2D eigenvalue weighted by atomic mass is 32.2. The standard InChI is InChI=1S/C16H13NO2S.C2H4N2/c1-20-12-8-6-11(7-9-12)10-17-15(18)13-4-2-3-5-14(13)16(17)19;3-1-2-4/h2-9H,10H2,1H3;1,3H2. The van der Waals surface area contributed by atoms with E-state index in [1.54, 1.807) is 42.1 Å². The first kappa shape index (κ1) is 17.7. The number of benzene rings is 2. The summed E-state index contributed by atoms with van der Waals surface area (Å²) in [6.45, 7) is 0.445. The molecule has 0 unspecified atom stereocenters. The number of hydrogen-bond acceptors (Lipinski definition) is 5. The van der Waals surface area contributed by atoms with Gasteiger partial charge in [-0.15, -0.1) is 11.8 Å². The number of nitriles is 1. The van der Waals surface area contributed by atoms with E-state index in [0.717, 1.165) is 10.5 Å². The van der Waals surface area contributed by atoms with E-state index in [4.69, 9.17) is 5.26 Å². The molecule has 2 aromatic carbocycles. The maximum atomic E-state index is 12.2. The van der Waals surface area contributed by atoms with Crippen LogP contribution in [0.3, 0.4) is 0 Å². The first-order valence-corrected chi connectivity index (χ1v) is 8.50. The third-order valence-corrected chi connectivity index (χ3v) is 4.21. The van der Waals surface area contributed by atoms with E-state index in [2.05, 4.69) is 5.73 Å². The topological polar surface area (TPSA) is 87.2 Å². The van der Waals surface area contributed by atoms with Crippen LogP contribution in [0.25, 0.3) is 0 Å². The van der Waals surface area contributed by atoms with Crippen LogP contribution in [0.15, 0.2) is 53.4 Å². The molecule has 2 amide bonds. The van der Waals surface area contributed by atoms with E-state index in [1.165, 1.54) is 4.90 Å². The van der Waals surface area contributed by atoms with Crippen LogP contribution in [0.2, 0.25) is 0 Å². The summed E-state index contributed by atoms with van der Waals surface area (Å²) >= 11 is 1.66. The van der Waals surface area contributed by atoms with Gasteiger partial charge in [-0.1, -0.05) is 24.3 Å². The highest BCUT2D eigenvalue weighted by Crippen LogP contribution is 2.24. The molecule has 1 heterocycles. The molecule has 0 saturated carbocycles. The Balaban J connectivity index is 0.000000471. The van der Waals surface area contributed by atoms with Crippen LogP contribution in [0.1, 0.15) is 26.3 Å². The van der Waals surface area contributed by atoms with Gasteiger partial charge in [-0.2, -0.15) is 5.26 Å². The summed E-state index contributed by atoms with van der Waals surface area (Å²) in [7, 11) is 0. The molecule has 0 atom stereocenters. The zero-order valence-corrected chi connectivity index (χ0v) is 14.0. The fourth-order valence-electron chi connectivity index (χ4n) is 2.30. The summed E-state index contributed by atoms with van der Waals surface area (Å²) in [6, 6.07) is 16.6. The molecule has 0 bridgehead atoms. The van der Waals surface area contributed by atoms with E-state index in [-0.39, 0.29) is 18.4 Å². The fourth-order valence-corrected chi connectivity index (χ4v) is 2.70. The summed E-state index contributed by atoms with van der Waals surface area (Å²) in [5, 5.41) is 7.50. The highest BCUT2D eigenvalue weighted by molar-refractivity contribution is 7.98. The summed E-state index contributed by atoms with van der Waals surface area (Å²) in [5.41, 5.74) is 6.62. The number of hydrogen-bond donors (Lipinski definition) is 1. The number of carbonyl (C=O) groups excluding carboxylic acids is 2. The van der Waals surface area contributed by atoms with Crippen molar-refractivity contribution in [3.8, 4) is 6.07 Å². The van der Waals surface area contributed by atoms with Crippen molar-refractivity contribution in [1.82, 2.24) is 4.90 Å². The minimum absolute atomic E-state index is 0.125. The fraction of sp³-hybridized carbons (Fsp3) is 0.167. The molecule has 3 rings (SSSR count). The summed E-state index contributed by atoms with van der Waals surface area (Å²) in [5.74, 6) is -0.418. The van der Waals surface area contributed by atoms with Crippen LogP contribution in [0.4, 0.5) is 0 Å². The van der Waals surface area contributed by atoms with E-state index in [1.807, 2.05) is 30.5 Å². The molecular formula is C18H17N3O2S. The molecule has 24 heavy (non-hydrogen) atoms. The molecule has 0 radical (unpaired) electrons. The van der Waals surface area contributed by atoms with Crippen molar-refractivity contribution in [2.24, 2.45) is 5.73 Å². The van der Waals surface area contributed by atoms with E-state index >= 15 is 0 Å². The Labute approximate surface area is 145 Å². The van der Waals surface area contributed by atoms with Gasteiger partial charge in [0.05, 0.1) is 30.3 Å². The van der Waals surface area contributed by atoms with Gasteiger partial charge in [-0.05, 0) is 36.1 Å². The Hall–Kier alpha value is -2.62. The smallest absolute Gasteiger partial charge is 0.261 e. The van der Waals surface area contributed by atoms with Crippen molar-refractivity contribution in [3.05, 3.63) is 65.2 Å². The van der Waals surface area contributed by atoms with Crippen molar-refractivity contribution in [2.75, 3.05) is 12.8 Å². The molecule has 0 saturated heterocycles. The Morgan fingerprint density at radius 2 is 1.54 bits per heavy atom. The average Bonchev–Trinajstić information content (AvgIpc) is 2.88. The molecule has 0 aromatic heterocycles. The molecule has 5 nitrogen and oxygen atoms in total. The number of nitrogens with two attached hydrogens (primary N) is 1. The molecule has 0 spiro atoms. The van der Waals surface area contributed by atoms with Crippen molar-refractivity contribution in [3.63, 3.8) is 0 Å². The van der Waals surface area contributed by atoms with Crippen LogP contribution < -0.4 is 5.73 Å².